The first-order chi connectivity index (χ1) is 15.2. The van der Waals surface area contributed by atoms with E-state index in [0.29, 0.717) is 5.41 Å². The largest absolute Gasteiger partial charge is 0.355 e. The molecule has 31 heavy (non-hydrogen) atoms. The molecular formula is C24H23FN6. The molecule has 6 nitrogen and oxygen atoms in total. The summed E-state index contributed by atoms with van der Waals surface area (Å²) in [5, 5.41) is 3.46. The summed E-state index contributed by atoms with van der Waals surface area (Å²) in [5.74, 6) is 1.46. The van der Waals surface area contributed by atoms with Crippen LogP contribution in [0.25, 0.3) is 28.2 Å². The van der Waals surface area contributed by atoms with Gasteiger partial charge < -0.3 is 10.2 Å². The maximum atomic E-state index is 13.5. The number of pyridine rings is 2. The molecule has 2 fully saturated rings. The van der Waals surface area contributed by atoms with Gasteiger partial charge in [0.25, 0.3) is 0 Å². The van der Waals surface area contributed by atoms with Gasteiger partial charge in [0.1, 0.15) is 23.0 Å². The number of benzene rings is 1. The summed E-state index contributed by atoms with van der Waals surface area (Å²) in [6.45, 7) is 4.33. The van der Waals surface area contributed by atoms with Crippen molar-refractivity contribution in [3.63, 3.8) is 0 Å². The summed E-state index contributed by atoms with van der Waals surface area (Å²) in [7, 11) is 0. The highest BCUT2D eigenvalue weighted by Crippen LogP contribution is 2.41. The number of aromatic nitrogens is 4. The lowest BCUT2D eigenvalue weighted by Gasteiger charge is -2.53. The number of anilines is 1. The van der Waals surface area contributed by atoms with Crippen molar-refractivity contribution < 1.29 is 4.39 Å². The maximum absolute atomic E-state index is 13.5. The van der Waals surface area contributed by atoms with Gasteiger partial charge in [-0.3, -0.25) is 9.55 Å². The number of hydrogen-bond acceptors (Lipinski definition) is 5. The molecule has 7 heteroatoms. The van der Waals surface area contributed by atoms with E-state index in [0.717, 1.165) is 60.2 Å². The van der Waals surface area contributed by atoms with Crippen molar-refractivity contribution in [1.29, 1.82) is 0 Å². The molecule has 0 aliphatic carbocycles. The Balaban J connectivity index is 1.44. The fourth-order valence-electron chi connectivity index (χ4n) is 4.85. The van der Waals surface area contributed by atoms with Gasteiger partial charge in [0.05, 0.1) is 5.69 Å². The predicted octanol–water partition coefficient (Wildman–Crippen LogP) is 3.81. The van der Waals surface area contributed by atoms with Gasteiger partial charge in [0.2, 0.25) is 0 Å². The fraction of sp³-hybridized carbons (Fsp3) is 0.292. The van der Waals surface area contributed by atoms with Crippen LogP contribution in [0.1, 0.15) is 12.8 Å². The molecule has 1 aromatic carbocycles. The smallest absolute Gasteiger partial charge is 0.167 e. The molecule has 1 N–H and O–H groups in total. The Labute approximate surface area is 179 Å². The fourth-order valence-corrected chi connectivity index (χ4v) is 4.85. The number of rotatable bonds is 3. The average molecular weight is 414 g/mol. The summed E-state index contributed by atoms with van der Waals surface area (Å²) in [5.41, 5.74) is 3.83. The van der Waals surface area contributed by atoms with Crippen LogP contribution in [-0.2, 0) is 0 Å². The van der Waals surface area contributed by atoms with Crippen molar-refractivity contribution in [2.45, 2.75) is 12.8 Å². The van der Waals surface area contributed by atoms with Crippen molar-refractivity contribution in [2.24, 2.45) is 5.41 Å². The molecule has 0 unspecified atom stereocenters. The number of fused-ring (bicyclic) bond motifs is 1. The van der Waals surface area contributed by atoms with Crippen LogP contribution in [0.5, 0.6) is 0 Å². The third-order valence-electron chi connectivity index (χ3n) is 6.55. The second kappa shape index (κ2) is 7.13. The molecule has 1 spiro atoms. The third kappa shape index (κ3) is 3.16. The molecule has 0 bridgehead atoms. The standard InChI is InChI=1S/C24H23FN6/c25-18-3-1-17(2-4-18)22-28-20-5-6-21(30-15-24(16-30)9-13-27-14-10-24)29-23(20)31(22)19-7-11-26-12-8-19/h1-8,11-12,27H,9-10,13-16H2. The second-order valence-electron chi connectivity index (χ2n) is 8.60. The van der Waals surface area contributed by atoms with E-state index >= 15 is 0 Å². The van der Waals surface area contributed by atoms with Gasteiger partial charge in [-0.05, 0) is 74.5 Å². The van der Waals surface area contributed by atoms with Gasteiger partial charge in [0, 0.05) is 36.5 Å². The molecule has 0 saturated carbocycles. The van der Waals surface area contributed by atoms with Crippen molar-refractivity contribution in [3.8, 4) is 17.1 Å². The molecule has 0 radical (unpaired) electrons. The minimum absolute atomic E-state index is 0.264. The molecule has 5 heterocycles. The van der Waals surface area contributed by atoms with E-state index in [2.05, 4.69) is 21.3 Å². The van der Waals surface area contributed by atoms with Crippen LogP contribution in [0.3, 0.4) is 0 Å². The molecule has 0 atom stereocenters. The zero-order valence-corrected chi connectivity index (χ0v) is 17.1. The Kier molecular flexibility index (Phi) is 4.24. The Morgan fingerprint density at radius 2 is 1.61 bits per heavy atom. The number of nitrogens with one attached hydrogen (secondary N) is 1. The third-order valence-corrected chi connectivity index (χ3v) is 6.55. The Morgan fingerprint density at radius 3 is 2.35 bits per heavy atom. The molecule has 156 valence electrons. The van der Waals surface area contributed by atoms with Gasteiger partial charge in [-0.2, -0.15) is 0 Å². The number of nitrogens with zero attached hydrogens (tertiary/aromatic N) is 5. The number of hydrogen-bond donors (Lipinski definition) is 1. The zero-order chi connectivity index (χ0) is 20.8. The lowest BCUT2D eigenvalue weighted by atomic mass is 9.72. The predicted molar refractivity (Wildman–Crippen MR) is 119 cm³/mol. The van der Waals surface area contributed by atoms with E-state index in [1.165, 1.54) is 25.0 Å². The summed E-state index contributed by atoms with van der Waals surface area (Å²) in [6.07, 6.45) is 5.98. The van der Waals surface area contributed by atoms with Crippen LogP contribution < -0.4 is 10.2 Å². The van der Waals surface area contributed by atoms with Crippen LogP contribution in [0.4, 0.5) is 10.2 Å². The number of halogens is 1. The van der Waals surface area contributed by atoms with Gasteiger partial charge in [0.15, 0.2) is 5.65 Å². The SMILES string of the molecule is Fc1ccc(-c2nc3ccc(N4CC5(CCNCC5)C4)nc3n2-c2ccncc2)cc1. The highest BCUT2D eigenvalue weighted by Gasteiger charge is 2.44. The first kappa shape index (κ1) is 18.4. The Bertz CT molecular complexity index is 1220. The van der Waals surface area contributed by atoms with E-state index in [-0.39, 0.29) is 5.82 Å². The van der Waals surface area contributed by atoms with Gasteiger partial charge in [-0.1, -0.05) is 0 Å². The molecule has 2 saturated heterocycles. The van der Waals surface area contributed by atoms with E-state index in [4.69, 9.17) is 9.97 Å². The van der Waals surface area contributed by atoms with E-state index in [9.17, 15) is 4.39 Å². The minimum atomic E-state index is -0.264. The first-order valence-corrected chi connectivity index (χ1v) is 10.7. The molecule has 4 aromatic rings. The minimum Gasteiger partial charge on any atom is -0.355 e. The number of piperidine rings is 1. The van der Waals surface area contributed by atoms with Gasteiger partial charge >= 0.3 is 0 Å². The van der Waals surface area contributed by atoms with Crippen LogP contribution in [0.2, 0.25) is 0 Å². The summed E-state index contributed by atoms with van der Waals surface area (Å²) < 4.78 is 15.5. The van der Waals surface area contributed by atoms with Gasteiger partial charge in [-0.15, -0.1) is 0 Å². The lowest BCUT2D eigenvalue weighted by Crippen LogP contribution is -2.60. The summed E-state index contributed by atoms with van der Waals surface area (Å²) >= 11 is 0. The molecule has 2 aliphatic heterocycles. The van der Waals surface area contributed by atoms with E-state index in [1.54, 1.807) is 24.5 Å². The summed E-state index contributed by atoms with van der Waals surface area (Å²) in [6, 6.07) is 14.4. The molecular weight excluding hydrogens is 391 g/mol. The highest BCUT2D eigenvalue weighted by molar-refractivity contribution is 5.81. The molecule has 0 amide bonds. The Hall–Kier alpha value is -3.32. The maximum Gasteiger partial charge on any atom is 0.167 e. The molecule has 3 aromatic heterocycles. The van der Waals surface area contributed by atoms with Crippen LogP contribution >= 0.6 is 0 Å². The molecule has 2 aliphatic rings. The van der Waals surface area contributed by atoms with Crippen molar-refractivity contribution in [2.75, 3.05) is 31.1 Å². The Morgan fingerprint density at radius 1 is 0.871 bits per heavy atom. The van der Waals surface area contributed by atoms with E-state index < -0.39 is 0 Å². The van der Waals surface area contributed by atoms with Crippen molar-refractivity contribution >= 4 is 17.0 Å². The number of imidazole rings is 1. The van der Waals surface area contributed by atoms with Gasteiger partial charge in [-0.25, -0.2) is 14.4 Å². The zero-order valence-electron chi connectivity index (χ0n) is 17.1. The van der Waals surface area contributed by atoms with Crippen LogP contribution in [-0.4, -0.2) is 45.7 Å². The normalized spacial score (nSPS) is 17.8. The molecule has 6 rings (SSSR count). The van der Waals surface area contributed by atoms with Crippen LogP contribution in [0.15, 0.2) is 60.9 Å². The highest BCUT2D eigenvalue weighted by atomic mass is 19.1. The van der Waals surface area contributed by atoms with E-state index in [1.807, 2.05) is 22.8 Å². The van der Waals surface area contributed by atoms with Crippen molar-refractivity contribution in [3.05, 3.63) is 66.7 Å². The average Bonchev–Trinajstić information content (AvgIpc) is 3.17. The lowest BCUT2D eigenvalue weighted by molar-refractivity contribution is 0.149. The summed E-state index contributed by atoms with van der Waals surface area (Å²) in [4.78, 5) is 16.4. The topological polar surface area (TPSA) is 58.9 Å². The van der Waals surface area contributed by atoms with Crippen LogP contribution in [0, 0.1) is 11.2 Å². The second-order valence-corrected chi connectivity index (χ2v) is 8.60. The monoisotopic (exact) mass is 414 g/mol. The first-order valence-electron chi connectivity index (χ1n) is 10.7. The quantitative estimate of drug-likeness (QED) is 0.552. The van der Waals surface area contributed by atoms with Crippen molar-refractivity contribution in [1.82, 2.24) is 24.8 Å².